The maximum atomic E-state index is 13.4. The Morgan fingerprint density at radius 3 is 2.23 bits per heavy atom. The molecule has 43 heavy (non-hydrogen) atoms. The highest BCUT2D eigenvalue weighted by Gasteiger charge is 2.33. The van der Waals surface area contributed by atoms with E-state index in [9.17, 15) is 13.2 Å². The van der Waals surface area contributed by atoms with Gasteiger partial charge in [-0.25, -0.2) is 9.50 Å². The number of halogens is 3. The predicted molar refractivity (Wildman–Crippen MR) is 174 cm³/mol. The minimum atomic E-state index is -4.46. The lowest BCUT2D eigenvalue weighted by molar-refractivity contribution is -0.136. The molecule has 0 saturated heterocycles. The fourth-order valence-corrected chi connectivity index (χ4v) is 5.10. The molecule has 0 N–H and O–H groups in total. The Kier molecular flexibility index (Phi) is 15.1. The van der Waals surface area contributed by atoms with Crippen LogP contribution < -0.4 is 0 Å². The minimum Gasteiger partial charge on any atom is -0.306 e. The van der Waals surface area contributed by atoms with Gasteiger partial charge in [0.2, 0.25) is 0 Å². The van der Waals surface area contributed by atoms with E-state index in [4.69, 9.17) is 0 Å². The molecule has 0 amide bonds. The first kappa shape index (κ1) is 36.2. The summed E-state index contributed by atoms with van der Waals surface area (Å²) in [5, 5.41) is 4.70. The SMILES string of the molecule is CCCCC(C)CCC.CCCCN(C)CCC.Cc1cnc2c(-c3cc(C)nc4c(C(F)(F)F)cccc34)cnn2c1. The normalized spacial score (nSPS) is 12.2. The molecule has 1 unspecified atom stereocenters. The second kappa shape index (κ2) is 18.0. The van der Waals surface area contributed by atoms with Crippen LogP contribution in [-0.4, -0.2) is 44.6 Å². The quantitative estimate of drug-likeness (QED) is 0.172. The molecular formula is C35H52F3N5. The first-order valence-corrected chi connectivity index (χ1v) is 15.9. The molecule has 8 heteroatoms. The zero-order chi connectivity index (χ0) is 32.0. The first-order chi connectivity index (χ1) is 20.5. The highest BCUT2D eigenvalue weighted by atomic mass is 19.4. The van der Waals surface area contributed by atoms with E-state index in [1.807, 2.05) is 13.1 Å². The van der Waals surface area contributed by atoms with Crippen LogP contribution in [0, 0.1) is 19.8 Å². The highest BCUT2D eigenvalue weighted by Crippen LogP contribution is 2.38. The lowest BCUT2D eigenvalue weighted by atomic mass is 9.99. The number of alkyl halides is 3. The molecule has 0 spiro atoms. The molecular weight excluding hydrogens is 547 g/mol. The number of aryl methyl sites for hydroxylation is 2. The molecule has 0 saturated carbocycles. The van der Waals surface area contributed by atoms with Gasteiger partial charge < -0.3 is 4.90 Å². The Labute approximate surface area is 256 Å². The van der Waals surface area contributed by atoms with Crippen molar-refractivity contribution in [3.05, 3.63) is 59.7 Å². The van der Waals surface area contributed by atoms with Crippen molar-refractivity contribution in [1.82, 2.24) is 24.5 Å². The van der Waals surface area contributed by atoms with E-state index < -0.39 is 11.7 Å². The van der Waals surface area contributed by atoms with E-state index in [1.165, 1.54) is 70.5 Å². The summed E-state index contributed by atoms with van der Waals surface area (Å²) < 4.78 is 41.7. The molecule has 1 aromatic carbocycles. The van der Waals surface area contributed by atoms with Crippen LogP contribution in [0.25, 0.3) is 27.7 Å². The lowest BCUT2D eigenvalue weighted by Gasteiger charge is -2.13. The Hall–Kier alpha value is -3.00. The zero-order valence-electron chi connectivity index (χ0n) is 27.6. The van der Waals surface area contributed by atoms with Gasteiger partial charge in [0.1, 0.15) is 0 Å². The topological polar surface area (TPSA) is 46.3 Å². The second-order valence-corrected chi connectivity index (χ2v) is 11.7. The van der Waals surface area contributed by atoms with Crippen LogP contribution in [0.2, 0.25) is 0 Å². The number of nitrogens with zero attached hydrogens (tertiary/aromatic N) is 5. The molecule has 0 fully saturated rings. The summed E-state index contributed by atoms with van der Waals surface area (Å²) in [5.74, 6) is 0.968. The first-order valence-electron chi connectivity index (χ1n) is 15.9. The van der Waals surface area contributed by atoms with Crippen molar-refractivity contribution < 1.29 is 13.2 Å². The van der Waals surface area contributed by atoms with Crippen LogP contribution in [0.15, 0.2) is 42.9 Å². The summed E-state index contributed by atoms with van der Waals surface area (Å²) in [6.45, 7) is 17.4. The van der Waals surface area contributed by atoms with Crippen LogP contribution in [0.4, 0.5) is 13.2 Å². The third kappa shape index (κ3) is 11.2. The van der Waals surface area contributed by atoms with E-state index in [0.717, 1.165) is 17.5 Å². The monoisotopic (exact) mass is 599 g/mol. The van der Waals surface area contributed by atoms with E-state index in [1.54, 1.807) is 36.0 Å². The fraction of sp³-hybridized carbons (Fsp3) is 0.571. The van der Waals surface area contributed by atoms with Gasteiger partial charge in [-0.3, -0.25) is 4.98 Å². The van der Waals surface area contributed by atoms with Crippen molar-refractivity contribution in [2.75, 3.05) is 20.1 Å². The number of para-hydroxylation sites is 1. The molecule has 0 aliphatic rings. The molecule has 0 bridgehead atoms. The molecule has 0 aliphatic heterocycles. The van der Waals surface area contributed by atoms with E-state index in [2.05, 4.69) is 61.6 Å². The molecule has 4 rings (SSSR count). The number of hydrogen-bond acceptors (Lipinski definition) is 4. The fourth-order valence-electron chi connectivity index (χ4n) is 5.10. The van der Waals surface area contributed by atoms with Crippen molar-refractivity contribution >= 4 is 16.6 Å². The average molecular weight is 600 g/mol. The summed E-state index contributed by atoms with van der Waals surface area (Å²) in [7, 11) is 2.19. The molecule has 3 aromatic heterocycles. The van der Waals surface area contributed by atoms with Gasteiger partial charge in [-0.1, -0.05) is 85.3 Å². The number of aromatic nitrogens is 4. The van der Waals surface area contributed by atoms with Gasteiger partial charge in [0.25, 0.3) is 0 Å². The standard InChI is InChI=1S/C18H13F3N4.C9H20.C8H19N/c1-10-7-22-17-14(8-23-25(17)9-10)13-6-11(2)24-16-12(13)4-3-5-15(16)18(19,20)21;2*1-4-6-8-9(3)7-5-2/h3-9H,1-2H3;9H,4-8H2,1-3H3;4-8H2,1-3H3. The molecule has 1 atom stereocenters. The van der Waals surface area contributed by atoms with Gasteiger partial charge in [-0.15, -0.1) is 0 Å². The van der Waals surface area contributed by atoms with Crippen LogP contribution in [-0.2, 0) is 6.18 Å². The van der Waals surface area contributed by atoms with Gasteiger partial charge in [0, 0.05) is 29.0 Å². The third-order valence-electron chi connectivity index (χ3n) is 7.38. The van der Waals surface area contributed by atoms with Gasteiger partial charge in [-0.05, 0) is 76.0 Å². The van der Waals surface area contributed by atoms with E-state index in [-0.39, 0.29) is 5.52 Å². The summed E-state index contributed by atoms with van der Waals surface area (Å²) in [5.41, 5.74) is 2.55. The molecule has 238 valence electrons. The van der Waals surface area contributed by atoms with E-state index in [0.29, 0.717) is 27.9 Å². The van der Waals surface area contributed by atoms with Crippen molar-refractivity contribution in [2.45, 2.75) is 106 Å². The second-order valence-electron chi connectivity index (χ2n) is 11.7. The number of unbranched alkanes of at least 4 members (excludes halogenated alkanes) is 2. The van der Waals surface area contributed by atoms with Crippen LogP contribution >= 0.6 is 0 Å². The average Bonchev–Trinajstić information content (AvgIpc) is 3.37. The molecule has 3 heterocycles. The van der Waals surface area contributed by atoms with Crippen LogP contribution in [0.3, 0.4) is 0 Å². The molecule has 0 radical (unpaired) electrons. The van der Waals surface area contributed by atoms with Gasteiger partial charge in [0.05, 0.1) is 17.3 Å². The lowest BCUT2D eigenvalue weighted by Crippen LogP contribution is -2.19. The molecule has 0 aliphatic carbocycles. The predicted octanol–water partition coefficient (Wildman–Crippen LogP) is 10.3. The van der Waals surface area contributed by atoms with Crippen molar-refractivity contribution in [2.24, 2.45) is 5.92 Å². The number of fused-ring (bicyclic) bond motifs is 2. The number of hydrogen-bond donors (Lipinski definition) is 0. The van der Waals surface area contributed by atoms with Gasteiger partial charge >= 0.3 is 6.18 Å². The molecule has 5 nitrogen and oxygen atoms in total. The number of rotatable bonds is 11. The van der Waals surface area contributed by atoms with Gasteiger partial charge in [-0.2, -0.15) is 18.3 Å². The Bertz CT molecular complexity index is 1360. The minimum absolute atomic E-state index is 0.0588. The number of benzene rings is 1. The van der Waals surface area contributed by atoms with Gasteiger partial charge in [0.15, 0.2) is 5.65 Å². The van der Waals surface area contributed by atoms with Crippen molar-refractivity contribution in [3.63, 3.8) is 0 Å². The van der Waals surface area contributed by atoms with Crippen molar-refractivity contribution in [3.8, 4) is 11.1 Å². The highest BCUT2D eigenvalue weighted by molar-refractivity contribution is 5.99. The van der Waals surface area contributed by atoms with Crippen LogP contribution in [0.1, 0.15) is 103 Å². The maximum absolute atomic E-state index is 13.4. The summed E-state index contributed by atoms with van der Waals surface area (Å²) in [6, 6.07) is 5.86. The molecule has 4 aromatic rings. The summed E-state index contributed by atoms with van der Waals surface area (Å²) in [6.07, 6.45) is 11.6. The zero-order valence-corrected chi connectivity index (χ0v) is 27.6. The van der Waals surface area contributed by atoms with Crippen LogP contribution in [0.5, 0.6) is 0 Å². The number of pyridine rings is 1. The van der Waals surface area contributed by atoms with E-state index >= 15 is 0 Å². The Morgan fingerprint density at radius 1 is 0.884 bits per heavy atom. The summed E-state index contributed by atoms with van der Waals surface area (Å²) >= 11 is 0. The smallest absolute Gasteiger partial charge is 0.306 e. The largest absolute Gasteiger partial charge is 0.418 e. The summed E-state index contributed by atoms with van der Waals surface area (Å²) in [4.78, 5) is 10.9. The third-order valence-corrected chi connectivity index (χ3v) is 7.38. The Balaban J connectivity index is 0.000000297. The van der Waals surface area contributed by atoms with Crippen molar-refractivity contribution in [1.29, 1.82) is 0 Å². The maximum Gasteiger partial charge on any atom is 0.418 e. The Morgan fingerprint density at radius 2 is 1.60 bits per heavy atom.